The van der Waals surface area contributed by atoms with E-state index >= 15 is 0 Å². The van der Waals surface area contributed by atoms with E-state index < -0.39 is 40.0 Å². The Balaban J connectivity index is 2.08. The second kappa shape index (κ2) is 14.0. The van der Waals surface area contributed by atoms with Crippen LogP contribution in [0, 0.1) is 0 Å². The molecule has 0 unspecified atom stereocenters. The Kier molecular flexibility index (Phi) is 11.2. The molecule has 12 heteroatoms. The summed E-state index contributed by atoms with van der Waals surface area (Å²) in [6, 6.07) is 15.9. The van der Waals surface area contributed by atoms with Gasteiger partial charge in [0.2, 0.25) is 11.8 Å². The van der Waals surface area contributed by atoms with Gasteiger partial charge in [-0.1, -0.05) is 40.9 Å². The van der Waals surface area contributed by atoms with Crippen molar-refractivity contribution < 1.29 is 22.7 Å². The number of benzene rings is 3. The van der Waals surface area contributed by atoms with Crippen molar-refractivity contribution in [1.29, 1.82) is 0 Å². The smallest absolute Gasteiger partial charge is 0.264 e. The molecular formula is C30H34Cl3N3O5S. The molecule has 1 atom stereocenters. The molecule has 0 aliphatic heterocycles. The molecule has 0 spiro atoms. The summed E-state index contributed by atoms with van der Waals surface area (Å²) >= 11 is 18.9. The predicted octanol–water partition coefficient (Wildman–Crippen LogP) is 6.57. The number of amides is 2. The third-order valence-corrected chi connectivity index (χ3v) is 8.92. The van der Waals surface area contributed by atoms with Crippen molar-refractivity contribution in [3.63, 3.8) is 0 Å². The molecule has 3 aromatic carbocycles. The van der Waals surface area contributed by atoms with Gasteiger partial charge in [-0.2, -0.15) is 0 Å². The highest BCUT2D eigenvalue weighted by Gasteiger charge is 2.34. The van der Waals surface area contributed by atoms with Crippen LogP contribution in [-0.2, 0) is 26.2 Å². The number of sulfonamides is 1. The van der Waals surface area contributed by atoms with E-state index in [9.17, 15) is 18.0 Å². The van der Waals surface area contributed by atoms with Crippen molar-refractivity contribution in [3.8, 4) is 5.75 Å². The summed E-state index contributed by atoms with van der Waals surface area (Å²) in [5.41, 5.74) is 0.0796. The summed E-state index contributed by atoms with van der Waals surface area (Å²) in [6.45, 7) is 8.55. The van der Waals surface area contributed by atoms with Gasteiger partial charge in [-0.3, -0.25) is 13.9 Å². The summed E-state index contributed by atoms with van der Waals surface area (Å²) < 4.78 is 34.4. The van der Waals surface area contributed by atoms with Crippen molar-refractivity contribution in [2.75, 3.05) is 17.5 Å². The van der Waals surface area contributed by atoms with Crippen LogP contribution >= 0.6 is 34.8 Å². The van der Waals surface area contributed by atoms with Crippen LogP contribution in [0.15, 0.2) is 71.6 Å². The average molecular weight is 655 g/mol. The lowest BCUT2D eigenvalue weighted by molar-refractivity contribution is -0.140. The SMILES string of the molecule is CCOc1ccc(N(CC(=O)N(Cc2c(Cl)cccc2Cl)[C@@H](C)C(=O)NC(C)(C)C)S(=O)(=O)c2ccc(Cl)cc2)cc1. The molecule has 0 aliphatic rings. The molecule has 42 heavy (non-hydrogen) atoms. The van der Waals surface area contributed by atoms with E-state index in [1.807, 2.05) is 27.7 Å². The number of hydrogen-bond donors (Lipinski definition) is 1. The first kappa shape index (κ1) is 33.5. The lowest BCUT2D eigenvalue weighted by Gasteiger charge is -2.33. The van der Waals surface area contributed by atoms with Gasteiger partial charge in [0.25, 0.3) is 10.0 Å². The molecule has 226 valence electrons. The Hall–Kier alpha value is -2.98. The maximum atomic E-state index is 14.1. The van der Waals surface area contributed by atoms with Crippen molar-refractivity contribution in [2.45, 2.75) is 57.6 Å². The standard InChI is InChI=1S/C30H34Cl3N3O5S/c1-6-41-23-14-12-22(13-15-23)36(42(39,40)24-16-10-21(31)11-17-24)19-28(37)35(20(2)29(38)34-30(3,4)5)18-25-26(32)8-7-9-27(25)33/h7-17,20H,6,18-19H2,1-5H3,(H,34,38)/t20-/m0/s1. The summed E-state index contributed by atoms with van der Waals surface area (Å²) in [4.78, 5) is 28.5. The Bertz CT molecular complexity index is 1490. The van der Waals surface area contributed by atoms with E-state index in [0.29, 0.717) is 33.0 Å². The Morgan fingerprint density at radius 1 is 0.929 bits per heavy atom. The van der Waals surface area contributed by atoms with Gasteiger partial charge in [-0.15, -0.1) is 0 Å². The fourth-order valence-electron chi connectivity index (χ4n) is 4.05. The Morgan fingerprint density at radius 2 is 1.50 bits per heavy atom. The minimum absolute atomic E-state index is 0.0622. The number of carbonyl (C=O) groups excluding carboxylic acids is 2. The lowest BCUT2D eigenvalue weighted by Crippen LogP contribution is -2.54. The molecule has 0 saturated carbocycles. The summed E-state index contributed by atoms with van der Waals surface area (Å²) in [7, 11) is -4.25. The summed E-state index contributed by atoms with van der Waals surface area (Å²) in [5.74, 6) is -0.528. The van der Waals surface area contributed by atoms with Crippen LogP contribution in [0.5, 0.6) is 5.75 Å². The Labute approximate surface area is 262 Å². The van der Waals surface area contributed by atoms with Gasteiger partial charge in [-0.25, -0.2) is 8.42 Å². The van der Waals surface area contributed by atoms with E-state index in [0.717, 1.165) is 4.31 Å². The fourth-order valence-corrected chi connectivity index (χ4v) is 6.11. The van der Waals surface area contributed by atoms with Crippen LogP contribution in [-0.4, -0.2) is 49.9 Å². The van der Waals surface area contributed by atoms with Gasteiger partial charge >= 0.3 is 0 Å². The van der Waals surface area contributed by atoms with Crippen LogP contribution in [0.3, 0.4) is 0 Å². The zero-order valence-corrected chi connectivity index (χ0v) is 27.1. The Morgan fingerprint density at radius 3 is 2.02 bits per heavy atom. The average Bonchev–Trinajstić information content (AvgIpc) is 2.91. The van der Waals surface area contributed by atoms with Crippen molar-refractivity contribution in [2.24, 2.45) is 0 Å². The first-order valence-electron chi connectivity index (χ1n) is 13.2. The topological polar surface area (TPSA) is 96.0 Å². The highest BCUT2D eigenvalue weighted by molar-refractivity contribution is 7.92. The molecule has 0 fully saturated rings. The highest BCUT2D eigenvalue weighted by atomic mass is 35.5. The van der Waals surface area contributed by atoms with Crippen LogP contribution < -0.4 is 14.4 Å². The molecule has 1 N–H and O–H groups in total. The molecule has 0 bridgehead atoms. The van der Waals surface area contributed by atoms with Crippen molar-refractivity contribution in [3.05, 3.63) is 87.4 Å². The van der Waals surface area contributed by atoms with Crippen LogP contribution in [0.4, 0.5) is 5.69 Å². The molecule has 3 rings (SSSR count). The fraction of sp³-hybridized carbons (Fsp3) is 0.333. The number of halogens is 3. The van der Waals surface area contributed by atoms with E-state index in [1.54, 1.807) is 49.4 Å². The lowest BCUT2D eigenvalue weighted by atomic mass is 10.1. The van der Waals surface area contributed by atoms with Gasteiger partial charge in [0, 0.05) is 32.7 Å². The predicted molar refractivity (Wildman–Crippen MR) is 168 cm³/mol. The molecule has 0 aromatic heterocycles. The molecule has 3 aromatic rings. The van der Waals surface area contributed by atoms with E-state index in [1.165, 1.54) is 29.2 Å². The summed E-state index contributed by atoms with van der Waals surface area (Å²) in [6.07, 6.45) is 0. The van der Waals surface area contributed by atoms with Crippen LogP contribution in [0.1, 0.15) is 40.2 Å². The molecule has 2 amide bonds. The summed E-state index contributed by atoms with van der Waals surface area (Å²) in [5, 5.41) is 3.85. The third-order valence-electron chi connectivity index (χ3n) is 6.17. The molecule has 0 saturated heterocycles. The quantitative estimate of drug-likeness (QED) is 0.252. The van der Waals surface area contributed by atoms with E-state index in [-0.39, 0.29) is 17.1 Å². The molecular weight excluding hydrogens is 621 g/mol. The van der Waals surface area contributed by atoms with Gasteiger partial charge in [0.1, 0.15) is 18.3 Å². The van der Waals surface area contributed by atoms with E-state index in [4.69, 9.17) is 39.5 Å². The second-order valence-corrected chi connectivity index (χ2v) is 13.6. The normalized spacial score (nSPS) is 12.4. The number of carbonyl (C=O) groups is 2. The molecule has 0 radical (unpaired) electrons. The second-order valence-electron chi connectivity index (χ2n) is 10.5. The monoisotopic (exact) mass is 653 g/mol. The third kappa shape index (κ3) is 8.53. The zero-order valence-electron chi connectivity index (χ0n) is 24.0. The van der Waals surface area contributed by atoms with Crippen molar-refractivity contribution >= 4 is 62.3 Å². The van der Waals surface area contributed by atoms with Gasteiger partial charge < -0.3 is 15.0 Å². The van der Waals surface area contributed by atoms with Gasteiger partial charge in [0.05, 0.1) is 17.2 Å². The van der Waals surface area contributed by atoms with Gasteiger partial charge in [-0.05, 0) is 95.3 Å². The minimum Gasteiger partial charge on any atom is -0.494 e. The largest absolute Gasteiger partial charge is 0.494 e. The van der Waals surface area contributed by atoms with Crippen LogP contribution in [0.2, 0.25) is 15.1 Å². The number of nitrogens with zero attached hydrogens (tertiary/aromatic N) is 2. The number of hydrogen-bond acceptors (Lipinski definition) is 5. The number of nitrogens with one attached hydrogen (secondary N) is 1. The number of ether oxygens (including phenoxy) is 1. The first-order valence-corrected chi connectivity index (χ1v) is 15.8. The van der Waals surface area contributed by atoms with Crippen LogP contribution in [0.25, 0.3) is 0 Å². The van der Waals surface area contributed by atoms with E-state index in [2.05, 4.69) is 5.32 Å². The molecule has 0 heterocycles. The number of anilines is 1. The minimum atomic E-state index is -4.25. The van der Waals surface area contributed by atoms with Gasteiger partial charge in [0.15, 0.2) is 0 Å². The molecule has 0 aliphatic carbocycles. The molecule has 8 nitrogen and oxygen atoms in total. The first-order chi connectivity index (χ1) is 19.6. The zero-order chi connectivity index (χ0) is 31.2. The maximum absolute atomic E-state index is 14.1. The number of rotatable bonds is 11. The maximum Gasteiger partial charge on any atom is 0.264 e. The highest BCUT2D eigenvalue weighted by Crippen LogP contribution is 2.29. The van der Waals surface area contributed by atoms with Crippen molar-refractivity contribution in [1.82, 2.24) is 10.2 Å².